The molecule has 2 aromatic rings. The van der Waals surface area contributed by atoms with Gasteiger partial charge in [0.2, 0.25) is 0 Å². The molecule has 3 nitrogen and oxygen atoms in total. The van der Waals surface area contributed by atoms with Crippen molar-refractivity contribution in [1.29, 1.82) is 0 Å². The van der Waals surface area contributed by atoms with Crippen molar-refractivity contribution in [3.8, 4) is 12.3 Å². The van der Waals surface area contributed by atoms with Gasteiger partial charge in [-0.2, -0.15) is 0 Å². The fourth-order valence-electron chi connectivity index (χ4n) is 1.76. The lowest BCUT2D eigenvalue weighted by atomic mass is 10.1. The Labute approximate surface area is 111 Å². The molecule has 0 unspecified atom stereocenters. The Kier molecular flexibility index (Phi) is 4.32. The quantitative estimate of drug-likeness (QED) is 0.491. The highest BCUT2D eigenvalue weighted by Crippen LogP contribution is 2.27. The van der Waals surface area contributed by atoms with Crippen molar-refractivity contribution in [2.45, 2.75) is 0 Å². The van der Waals surface area contributed by atoms with Gasteiger partial charge in [-0.1, -0.05) is 5.92 Å². The van der Waals surface area contributed by atoms with Crippen LogP contribution < -0.4 is 11.1 Å². The average molecular weight is 257 g/mol. The Morgan fingerprint density at radius 3 is 3.06 bits per heavy atom. The number of nitrogens with two attached hydrogens (primary N) is 1. The van der Waals surface area contributed by atoms with Crippen LogP contribution in [0.5, 0.6) is 0 Å². The van der Waals surface area contributed by atoms with Crippen molar-refractivity contribution in [3.63, 3.8) is 0 Å². The van der Waals surface area contributed by atoms with Crippen molar-refractivity contribution in [2.24, 2.45) is 0 Å². The number of rotatable bonds is 5. The summed E-state index contributed by atoms with van der Waals surface area (Å²) >= 11 is 1.74. The highest BCUT2D eigenvalue weighted by molar-refractivity contribution is 7.99. The number of nitrogens with one attached hydrogen (secondary N) is 1. The Morgan fingerprint density at radius 1 is 1.33 bits per heavy atom. The molecule has 0 atom stereocenters. The van der Waals surface area contributed by atoms with E-state index in [9.17, 15) is 0 Å². The van der Waals surface area contributed by atoms with Gasteiger partial charge in [-0.25, -0.2) is 0 Å². The molecule has 0 aliphatic heterocycles. The molecular weight excluding hydrogens is 242 g/mol. The highest BCUT2D eigenvalue weighted by Gasteiger charge is 2.03. The average Bonchev–Trinajstić information content (AvgIpc) is 2.41. The number of anilines is 2. The summed E-state index contributed by atoms with van der Waals surface area (Å²) in [7, 11) is 0. The number of hydrogen-bond acceptors (Lipinski definition) is 4. The SMILES string of the molecule is C#CCSCCNc1ccc(N)c2ccncc12. The third kappa shape index (κ3) is 2.88. The summed E-state index contributed by atoms with van der Waals surface area (Å²) in [4.78, 5) is 4.15. The van der Waals surface area contributed by atoms with Crippen LogP contribution in [0.3, 0.4) is 0 Å². The van der Waals surface area contributed by atoms with Gasteiger partial charge in [-0.3, -0.25) is 4.98 Å². The molecule has 4 heteroatoms. The molecule has 0 spiro atoms. The van der Waals surface area contributed by atoms with Gasteiger partial charge in [0.25, 0.3) is 0 Å². The largest absolute Gasteiger partial charge is 0.398 e. The summed E-state index contributed by atoms with van der Waals surface area (Å²) in [5.74, 6) is 4.35. The van der Waals surface area contributed by atoms with Crippen LogP contribution in [0.2, 0.25) is 0 Å². The van der Waals surface area contributed by atoms with E-state index in [-0.39, 0.29) is 0 Å². The predicted molar refractivity (Wildman–Crippen MR) is 80.8 cm³/mol. The maximum absolute atomic E-state index is 5.94. The van der Waals surface area contributed by atoms with E-state index in [1.807, 2.05) is 24.4 Å². The van der Waals surface area contributed by atoms with Crippen molar-refractivity contribution in [2.75, 3.05) is 29.1 Å². The van der Waals surface area contributed by atoms with E-state index in [0.717, 1.165) is 40.2 Å². The second-order valence-electron chi connectivity index (χ2n) is 3.81. The number of nitrogens with zero attached hydrogens (tertiary/aromatic N) is 1. The lowest BCUT2D eigenvalue weighted by Gasteiger charge is -2.10. The highest BCUT2D eigenvalue weighted by atomic mass is 32.2. The van der Waals surface area contributed by atoms with Gasteiger partial charge >= 0.3 is 0 Å². The maximum atomic E-state index is 5.94. The molecule has 1 heterocycles. The van der Waals surface area contributed by atoms with Gasteiger partial charge < -0.3 is 11.1 Å². The minimum absolute atomic E-state index is 0.756. The Bertz CT molecular complexity index is 575. The number of nitrogen functional groups attached to an aromatic ring is 1. The van der Waals surface area contributed by atoms with Gasteiger partial charge in [0, 0.05) is 46.8 Å². The molecule has 18 heavy (non-hydrogen) atoms. The van der Waals surface area contributed by atoms with Crippen LogP contribution in [0.4, 0.5) is 11.4 Å². The summed E-state index contributed by atoms with van der Waals surface area (Å²) in [6.45, 7) is 0.875. The van der Waals surface area contributed by atoms with Gasteiger partial charge in [0.15, 0.2) is 0 Å². The summed E-state index contributed by atoms with van der Waals surface area (Å²) in [6.07, 6.45) is 8.79. The van der Waals surface area contributed by atoms with E-state index in [0.29, 0.717) is 0 Å². The van der Waals surface area contributed by atoms with Crippen LogP contribution >= 0.6 is 11.8 Å². The molecular formula is C14H15N3S. The Morgan fingerprint density at radius 2 is 2.22 bits per heavy atom. The second kappa shape index (κ2) is 6.18. The van der Waals surface area contributed by atoms with Crippen molar-refractivity contribution < 1.29 is 0 Å². The fraction of sp³-hybridized carbons (Fsp3) is 0.214. The van der Waals surface area contributed by atoms with Gasteiger partial charge in [0.05, 0.1) is 5.75 Å². The number of benzene rings is 1. The third-order valence-corrected chi connectivity index (χ3v) is 3.46. The van der Waals surface area contributed by atoms with Crippen LogP contribution in [-0.4, -0.2) is 23.0 Å². The normalized spacial score (nSPS) is 10.2. The summed E-state index contributed by atoms with van der Waals surface area (Å²) in [6, 6.07) is 5.84. The predicted octanol–water partition coefficient (Wildman–Crippen LogP) is 2.60. The first kappa shape index (κ1) is 12.6. The van der Waals surface area contributed by atoms with Crippen LogP contribution in [-0.2, 0) is 0 Å². The molecule has 3 N–H and O–H groups in total. The van der Waals surface area contributed by atoms with Gasteiger partial charge in [0.1, 0.15) is 0 Å². The second-order valence-corrected chi connectivity index (χ2v) is 4.91. The smallest absolute Gasteiger partial charge is 0.0545 e. The molecule has 92 valence electrons. The Hall–Kier alpha value is -1.86. The standard InChI is InChI=1S/C14H15N3S/c1-2-8-18-9-7-17-14-4-3-13(15)11-5-6-16-10-12(11)14/h1,3-6,10,17H,7-9,15H2. The Balaban J connectivity index is 2.09. The zero-order chi connectivity index (χ0) is 12.8. The number of thioether (sulfide) groups is 1. The van der Waals surface area contributed by atoms with Gasteiger partial charge in [-0.15, -0.1) is 18.2 Å². The zero-order valence-electron chi connectivity index (χ0n) is 10.0. The number of terminal acetylenes is 1. The third-order valence-electron chi connectivity index (χ3n) is 2.60. The number of pyridine rings is 1. The molecule has 0 aliphatic rings. The lowest BCUT2D eigenvalue weighted by molar-refractivity contribution is 1.23. The molecule has 0 bridgehead atoms. The van der Waals surface area contributed by atoms with E-state index in [4.69, 9.17) is 12.2 Å². The number of fused-ring (bicyclic) bond motifs is 1. The topological polar surface area (TPSA) is 50.9 Å². The number of hydrogen-bond donors (Lipinski definition) is 2. The van der Waals surface area contributed by atoms with Crippen LogP contribution in [0.1, 0.15) is 0 Å². The molecule has 0 saturated carbocycles. The summed E-state index contributed by atoms with van der Waals surface area (Å²) in [5, 5.41) is 5.48. The first-order valence-electron chi connectivity index (χ1n) is 5.70. The van der Waals surface area contributed by atoms with E-state index in [1.165, 1.54) is 0 Å². The van der Waals surface area contributed by atoms with E-state index >= 15 is 0 Å². The number of aromatic nitrogens is 1. The molecule has 0 saturated heterocycles. The molecule has 0 radical (unpaired) electrons. The lowest BCUT2D eigenvalue weighted by Crippen LogP contribution is -2.05. The fourth-order valence-corrected chi connectivity index (χ4v) is 2.27. The molecule has 0 amide bonds. The summed E-state index contributed by atoms with van der Waals surface area (Å²) < 4.78 is 0. The van der Waals surface area contributed by atoms with Crippen molar-refractivity contribution >= 4 is 33.9 Å². The van der Waals surface area contributed by atoms with Crippen molar-refractivity contribution in [3.05, 3.63) is 30.6 Å². The first-order valence-corrected chi connectivity index (χ1v) is 6.85. The molecule has 0 aliphatic carbocycles. The maximum Gasteiger partial charge on any atom is 0.0545 e. The van der Waals surface area contributed by atoms with E-state index < -0.39 is 0 Å². The molecule has 2 rings (SSSR count). The van der Waals surface area contributed by atoms with Crippen LogP contribution in [0.15, 0.2) is 30.6 Å². The minimum atomic E-state index is 0.756. The molecule has 1 aromatic heterocycles. The minimum Gasteiger partial charge on any atom is -0.398 e. The van der Waals surface area contributed by atoms with Crippen LogP contribution in [0.25, 0.3) is 10.8 Å². The van der Waals surface area contributed by atoms with Crippen LogP contribution in [0, 0.1) is 12.3 Å². The van der Waals surface area contributed by atoms with Gasteiger partial charge in [-0.05, 0) is 18.2 Å². The first-order chi connectivity index (χ1) is 8.83. The van der Waals surface area contributed by atoms with Crippen molar-refractivity contribution in [1.82, 2.24) is 4.98 Å². The zero-order valence-corrected chi connectivity index (χ0v) is 10.8. The molecule has 1 aromatic carbocycles. The molecule has 0 fully saturated rings. The van der Waals surface area contributed by atoms with E-state index in [2.05, 4.69) is 16.2 Å². The summed E-state index contributed by atoms with van der Waals surface area (Å²) in [5.41, 5.74) is 7.78. The van der Waals surface area contributed by atoms with E-state index in [1.54, 1.807) is 18.0 Å². The monoisotopic (exact) mass is 257 g/mol.